The molecule has 0 atom stereocenters. The number of nitro benzene ring substituents is 1. The maximum absolute atomic E-state index is 13.7. The summed E-state index contributed by atoms with van der Waals surface area (Å²) < 4.78 is 24.3. The van der Waals surface area contributed by atoms with E-state index in [2.05, 4.69) is 0 Å². The van der Waals surface area contributed by atoms with Gasteiger partial charge in [0.1, 0.15) is 11.5 Å². The first-order chi connectivity index (χ1) is 11.4. The molecule has 3 aromatic rings. The van der Waals surface area contributed by atoms with Gasteiger partial charge >= 0.3 is 5.69 Å². The maximum atomic E-state index is 13.7. The van der Waals surface area contributed by atoms with Crippen molar-refractivity contribution in [3.8, 4) is 17.1 Å². The van der Waals surface area contributed by atoms with Gasteiger partial charge < -0.3 is 14.9 Å². The van der Waals surface area contributed by atoms with E-state index in [-0.39, 0.29) is 16.7 Å². The van der Waals surface area contributed by atoms with Crippen molar-refractivity contribution in [2.24, 2.45) is 0 Å². The van der Waals surface area contributed by atoms with Crippen molar-refractivity contribution in [2.45, 2.75) is 0 Å². The number of hydrogen-bond acceptors (Lipinski definition) is 6. The number of rotatable bonds is 3. The SMILES string of the molecule is COc1ccc(-c2cc(=O)c3cc(F)c(N)c([N+](=O)[O-])c3o2)cc1. The summed E-state index contributed by atoms with van der Waals surface area (Å²) >= 11 is 0. The molecule has 24 heavy (non-hydrogen) atoms. The quantitative estimate of drug-likeness (QED) is 0.449. The second-order valence-corrected chi connectivity index (χ2v) is 4.96. The van der Waals surface area contributed by atoms with Gasteiger partial charge in [-0.1, -0.05) is 0 Å². The highest BCUT2D eigenvalue weighted by molar-refractivity contribution is 5.92. The Labute approximate surface area is 134 Å². The Hall–Kier alpha value is -3.42. The summed E-state index contributed by atoms with van der Waals surface area (Å²) in [6.45, 7) is 0. The molecule has 2 N–H and O–H groups in total. The first kappa shape index (κ1) is 15.5. The lowest BCUT2D eigenvalue weighted by atomic mass is 10.1. The van der Waals surface area contributed by atoms with Gasteiger partial charge in [0.15, 0.2) is 16.9 Å². The fourth-order valence-corrected chi connectivity index (χ4v) is 2.33. The molecule has 0 saturated carbocycles. The monoisotopic (exact) mass is 330 g/mol. The van der Waals surface area contributed by atoms with Gasteiger partial charge in [0, 0.05) is 11.6 Å². The van der Waals surface area contributed by atoms with Crippen LogP contribution >= 0.6 is 0 Å². The minimum Gasteiger partial charge on any atom is -0.497 e. The summed E-state index contributed by atoms with van der Waals surface area (Å²) in [4.78, 5) is 22.6. The fourth-order valence-electron chi connectivity index (χ4n) is 2.33. The zero-order chi connectivity index (χ0) is 17.4. The third kappa shape index (κ3) is 2.43. The smallest absolute Gasteiger partial charge is 0.338 e. The number of nitro groups is 1. The number of halogens is 1. The van der Waals surface area contributed by atoms with Crippen molar-refractivity contribution < 1.29 is 18.5 Å². The molecule has 1 heterocycles. The van der Waals surface area contributed by atoms with E-state index in [0.717, 1.165) is 12.1 Å². The standard InChI is InChI=1S/C16H11FN2O5/c1-23-9-4-2-8(3-5-9)13-7-12(20)10-6-11(17)14(18)15(19(21)22)16(10)24-13/h2-7H,18H2,1H3. The maximum Gasteiger partial charge on any atom is 0.338 e. The number of fused-ring (bicyclic) bond motifs is 1. The molecule has 122 valence electrons. The number of methoxy groups -OCH3 is 1. The number of anilines is 1. The van der Waals surface area contributed by atoms with Gasteiger partial charge in [0.2, 0.25) is 5.58 Å². The lowest BCUT2D eigenvalue weighted by Crippen LogP contribution is -2.06. The Morgan fingerprint density at radius 3 is 2.50 bits per heavy atom. The average Bonchev–Trinajstić information content (AvgIpc) is 2.56. The van der Waals surface area contributed by atoms with Crippen LogP contribution in [0.15, 0.2) is 45.6 Å². The number of benzene rings is 2. The number of hydrogen-bond donors (Lipinski definition) is 1. The third-order valence-corrected chi connectivity index (χ3v) is 3.54. The van der Waals surface area contributed by atoms with Gasteiger partial charge in [0.05, 0.1) is 17.4 Å². The Kier molecular flexibility index (Phi) is 3.64. The Morgan fingerprint density at radius 2 is 1.92 bits per heavy atom. The summed E-state index contributed by atoms with van der Waals surface area (Å²) in [7, 11) is 1.51. The molecule has 0 radical (unpaired) electrons. The van der Waals surface area contributed by atoms with E-state index in [1.165, 1.54) is 7.11 Å². The summed E-state index contributed by atoms with van der Waals surface area (Å²) in [5, 5.41) is 11.0. The predicted molar refractivity (Wildman–Crippen MR) is 85.5 cm³/mol. The van der Waals surface area contributed by atoms with Crippen molar-refractivity contribution in [1.82, 2.24) is 0 Å². The van der Waals surface area contributed by atoms with Crippen LogP contribution in [0.3, 0.4) is 0 Å². The van der Waals surface area contributed by atoms with E-state index < -0.39 is 27.5 Å². The highest BCUT2D eigenvalue weighted by Gasteiger charge is 2.25. The van der Waals surface area contributed by atoms with Crippen LogP contribution in [-0.2, 0) is 0 Å². The molecule has 7 nitrogen and oxygen atoms in total. The first-order valence-electron chi connectivity index (χ1n) is 6.77. The van der Waals surface area contributed by atoms with Gasteiger partial charge in [-0.2, -0.15) is 0 Å². The molecule has 0 aliphatic rings. The largest absolute Gasteiger partial charge is 0.497 e. The van der Waals surface area contributed by atoms with Gasteiger partial charge in [-0.05, 0) is 30.3 Å². The van der Waals surface area contributed by atoms with Crippen LogP contribution in [-0.4, -0.2) is 12.0 Å². The van der Waals surface area contributed by atoms with Gasteiger partial charge in [-0.3, -0.25) is 14.9 Å². The summed E-state index contributed by atoms with van der Waals surface area (Å²) in [6, 6.07) is 8.52. The zero-order valence-corrected chi connectivity index (χ0v) is 12.4. The van der Waals surface area contributed by atoms with Gasteiger partial charge in [0.25, 0.3) is 0 Å². The van der Waals surface area contributed by atoms with Gasteiger partial charge in [-0.25, -0.2) is 4.39 Å². The molecule has 2 aromatic carbocycles. The average molecular weight is 330 g/mol. The molecule has 0 aliphatic heterocycles. The Morgan fingerprint density at radius 1 is 1.25 bits per heavy atom. The van der Waals surface area contributed by atoms with E-state index >= 15 is 0 Å². The normalized spacial score (nSPS) is 10.8. The van der Waals surface area contributed by atoms with Crippen LogP contribution < -0.4 is 15.9 Å². The van der Waals surface area contributed by atoms with E-state index in [9.17, 15) is 19.3 Å². The van der Waals surface area contributed by atoms with E-state index in [1.54, 1.807) is 24.3 Å². The molecular weight excluding hydrogens is 319 g/mol. The lowest BCUT2D eigenvalue weighted by Gasteiger charge is -2.06. The van der Waals surface area contributed by atoms with Crippen LogP contribution in [0.4, 0.5) is 15.8 Å². The molecule has 3 rings (SSSR count). The van der Waals surface area contributed by atoms with Crippen molar-refractivity contribution in [2.75, 3.05) is 12.8 Å². The van der Waals surface area contributed by atoms with E-state index in [1.807, 2.05) is 0 Å². The molecule has 0 amide bonds. The molecule has 0 fully saturated rings. The van der Waals surface area contributed by atoms with Crippen molar-refractivity contribution in [1.29, 1.82) is 0 Å². The van der Waals surface area contributed by atoms with Crippen LogP contribution in [0.2, 0.25) is 0 Å². The molecule has 0 bridgehead atoms. The fraction of sp³-hybridized carbons (Fsp3) is 0.0625. The summed E-state index contributed by atoms with van der Waals surface area (Å²) in [5.41, 5.74) is 3.52. The highest BCUT2D eigenvalue weighted by Crippen LogP contribution is 2.35. The summed E-state index contributed by atoms with van der Waals surface area (Å²) in [6.07, 6.45) is 0. The topological polar surface area (TPSA) is 109 Å². The first-order valence-corrected chi connectivity index (χ1v) is 6.77. The van der Waals surface area contributed by atoms with E-state index in [0.29, 0.717) is 11.3 Å². The third-order valence-electron chi connectivity index (χ3n) is 3.54. The second kappa shape index (κ2) is 5.65. The number of ether oxygens (including phenoxy) is 1. The number of nitrogen functional groups attached to an aromatic ring is 1. The molecule has 0 spiro atoms. The minimum absolute atomic E-state index is 0.101. The van der Waals surface area contributed by atoms with Gasteiger partial charge in [-0.15, -0.1) is 0 Å². The van der Waals surface area contributed by atoms with Crippen LogP contribution in [0, 0.1) is 15.9 Å². The Balaban J connectivity index is 2.32. The van der Waals surface area contributed by atoms with Crippen molar-refractivity contribution in [3.05, 3.63) is 62.6 Å². The highest BCUT2D eigenvalue weighted by atomic mass is 19.1. The second-order valence-electron chi connectivity index (χ2n) is 4.96. The molecule has 0 unspecified atom stereocenters. The predicted octanol–water partition coefficient (Wildman–Crippen LogP) is 3.10. The molecule has 0 saturated heterocycles. The molecular formula is C16H11FN2O5. The minimum atomic E-state index is -1.04. The van der Waals surface area contributed by atoms with Crippen molar-refractivity contribution in [3.63, 3.8) is 0 Å². The van der Waals surface area contributed by atoms with Crippen LogP contribution in [0.5, 0.6) is 5.75 Å². The van der Waals surface area contributed by atoms with Crippen LogP contribution in [0.25, 0.3) is 22.3 Å². The van der Waals surface area contributed by atoms with E-state index in [4.69, 9.17) is 14.9 Å². The van der Waals surface area contributed by atoms with Crippen LogP contribution in [0.1, 0.15) is 0 Å². The summed E-state index contributed by atoms with van der Waals surface area (Å²) in [5.74, 6) is -0.345. The van der Waals surface area contributed by atoms with Crippen molar-refractivity contribution >= 4 is 22.3 Å². The number of nitrogens with two attached hydrogens (primary N) is 1. The number of nitrogens with zero attached hydrogens (tertiary/aromatic N) is 1. The molecule has 8 heteroatoms. The zero-order valence-electron chi connectivity index (χ0n) is 12.4. The Bertz CT molecular complexity index is 1010. The lowest BCUT2D eigenvalue weighted by molar-refractivity contribution is -0.382. The molecule has 0 aliphatic carbocycles. The molecule has 1 aromatic heterocycles.